The molecule has 1 unspecified atom stereocenters. The lowest BCUT2D eigenvalue weighted by Gasteiger charge is -2.22. The summed E-state index contributed by atoms with van der Waals surface area (Å²) < 4.78 is 38.5. The van der Waals surface area contributed by atoms with Crippen molar-refractivity contribution in [1.82, 2.24) is 5.32 Å². The smallest absolute Gasteiger partial charge is 0.326 e. The molecule has 0 saturated carbocycles. The molecule has 0 spiro atoms. The molecule has 1 atom stereocenters. The van der Waals surface area contributed by atoms with Gasteiger partial charge in [0.05, 0.1) is 5.56 Å². The van der Waals surface area contributed by atoms with Crippen LogP contribution in [0.3, 0.4) is 0 Å². The zero-order valence-corrected chi connectivity index (χ0v) is 11.9. The predicted molar refractivity (Wildman–Crippen MR) is 75.0 cm³/mol. The number of carbonyl (C=O) groups is 1. The molecule has 3 nitrogen and oxygen atoms in total. The van der Waals surface area contributed by atoms with Crippen LogP contribution in [0.2, 0.25) is 0 Å². The first-order chi connectivity index (χ1) is 9.86. The first-order valence-electron chi connectivity index (χ1n) is 7.04. The van der Waals surface area contributed by atoms with Crippen molar-refractivity contribution < 1.29 is 18.0 Å². The van der Waals surface area contributed by atoms with Gasteiger partial charge in [0.25, 0.3) is 0 Å². The third-order valence-corrected chi connectivity index (χ3v) is 3.70. The summed E-state index contributed by atoms with van der Waals surface area (Å²) in [6.45, 7) is 3.16. The zero-order valence-electron chi connectivity index (χ0n) is 11.9. The van der Waals surface area contributed by atoms with Gasteiger partial charge in [0.15, 0.2) is 0 Å². The maximum atomic E-state index is 12.8. The number of amides is 1. The van der Waals surface area contributed by atoms with E-state index in [9.17, 15) is 18.0 Å². The van der Waals surface area contributed by atoms with Gasteiger partial charge < -0.3 is 10.6 Å². The van der Waals surface area contributed by atoms with Gasteiger partial charge in [0.1, 0.15) is 0 Å². The Hall–Kier alpha value is -1.56. The van der Waals surface area contributed by atoms with E-state index in [0.29, 0.717) is 6.42 Å². The molecule has 0 aliphatic carbocycles. The number of anilines is 1. The Balaban J connectivity index is 2.00. The van der Waals surface area contributed by atoms with Crippen LogP contribution in [-0.4, -0.2) is 19.0 Å². The summed E-state index contributed by atoms with van der Waals surface area (Å²) in [5.41, 5.74) is -0.363. The molecular weight excluding hydrogens is 281 g/mol. The van der Waals surface area contributed by atoms with Gasteiger partial charge in [-0.25, -0.2) is 0 Å². The van der Waals surface area contributed by atoms with Crippen LogP contribution in [0, 0.1) is 12.8 Å². The van der Waals surface area contributed by atoms with Gasteiger partial charge in [0, 0.05) is 12.1 Å². The van der Waals surface area contributed by atoms with Gasteiger partial charge in [-0.1, -0.05) is 6.07 Å². The topological polar surface area (TPSA) is 41.1 Å². The largest absolute Gasteiger partial charge is 0.416 e. The van der Waals surface area contributed by atoms with Crippen LogP contribution >= 0.6 is 0 Å². The molecular formula is C15H19F3N2O. The van der Waals surface area contributed by atoms with E-state index in [-0.39, 0.29) is 23.1 Å². The van der Waals surface area contributed by atoms with Crippen molar-refractivity contribution in [2.75, 3.05) is 18.4 Å². The lowest BCUT2D eigenvalue weighted by molar-refractivity contribution is -0.138. The maximum absolute atomic E-state index is 12.8. The van der Waals surface area contributed by atoms with Crippen LogP contribution in [0.5, 0.6) is 0 Å². The minimum Gasteiger partial charge on any atom is -0.326 e. The Labute approximate surface area is 121 Å². The second-order valence-electron chi connectivity index (χ2n) is 5.49. The molecule has 6 heteroatoms. The van der Waals surface area contributed by atoms with Gasteiger partial charge in [-0.05, 0) is 56.5 Å². The standard InChI is InChI=1S/C15H19F3N2O/c1-10-4-5-12(8-13(10)15(16,17)18)20-14(21)7-11-3-2-6-19-9-11/h4-5,8,11,19H,2-3,6-7,9H2,1H3,(H,20,21). The normalized spacial score (nSPS) is 19.3. The van der Waals surface area contributed by atoms with Gasteiger partial charge in [-0.2, -0.15) is 13.2 Å². The number of hydrogen-bond donors (Lipinski definition) is 2. The molecule has 21 heavy (non-hydrogen) atoms. The number of benzene rings is 1. The minimum absolute atomic E-state index is 0.150. The lowest BCUT2D eigenvalue weighted by Crippen LogP contribution is -2.32. The highest BCUT2D eigenvalue weighted by molar-refractivity contribution is 5.91. The molecule has 0 bridgehead atoms. The molecule has 1 aromatic rings. The van der Waals surface area contributed by atoms with E-state index in [4.69, 9.17) is 0 Å². The van der Waals surface area contributed by atoms with Crippen LogP contribution < -0.4 is 10.6 Å². The third kappa shape index (κ3) is 4.46. The van der Waals surface area contributed by atoms with Gasteiger partial charge >= 0.3 is 6.18 Å². The summed E-state index contributed by atoms with van der Waals surface area (Å²) in [6.07, 6.45) is -2.07. The second kappa shape index (κ2) is 6.47. The molecule has 116 valence electrons. The van der Waals surface area contributed by atoms with Crippen molar-refractivity contribution in [3.63, 3.8) is 0 Å². The van der Waals surface area contributed by atoms with Crippen molar-refractivity contribution in [3.05, 3.63) is 29.3 Å². The Morgan fingerprint density at radius 2 is 2.19 bits per heavy atom. The number of carbonyl (C=O) groups excluding carboxylic acids is 1. The monoisotopic (exact) mass is 300 g/mol. The molecule has 2 N–H and O–H groups in total. The molecule has 1 fully saturated rings. The fourth-order valence-electron chi connectivity index (χ4n) is 2.58. The van der Waals surface area contributed by atoms with Gasteiger partial charge in [-0.15, -0.1) is 0 Å². The average molecular weight is 300 g/mol. The van der Waals surface area contributed by atoms with Crippen LogP contribution in [-0.2, 0) is 11.0 Å². The number of nitrogens with one attached hydrogen (secondary N) is 2. The zero-order chi connectivity index (χ0) is 15.5. The summed E-state index contributed by atoms with van der Waals surface area (Å²) in [4.78, 5) is 11.9. The molecule has 1 aromatic carbocycles. The number of piperidine rings is 1. The number of halogens is 3. The van der Waals surface area contributed by atoms with Crippen molar-refractivity contribution >= 4 is 11.6 Å². The van der Waals surface area contributed by atoms with Crippen LogP contribution in [0.1, 0.15) is 30.4 Å². The molecule has 1 amide bonds. The van der Waals surface area contributed by atoms with Gasteiger partial charge in [0.2, 0.25) is 5.91 Å². The Kier molecular flexibility index (Phi) is 4.88. The summed E-state index contributed by atoms with van der Waals surface area (Å²) >= 11 is 0. The molecule has 2 rings (SSSR count). The lowest BCUT2D eigenvalue weighted by atomic mass is 9.96. The van der Waals surface area contributed by atoms with E-state index >= 15 is 0 Å². The van der Waals surface area contributed by atoms with E-state index in [1.54, 1.807) is 0 Å². The Bertz CT molecular complexity index is 508. The fourth-order valence-corrected chi connectivity index (χ4v) is 2.58. The molecule has 0 radical (unpaired) electrons. The van der Waals surface area contributed by atoms with Crippen LogP contribution in [0.15, 0.2) is 18.2 Å². The average Bonchev–Trinajstić information content (AvgIpc) is 2.41. The summed E-state index contributed by atoms with van der Waals surface area (Å²) in [7, 11) is 0. The Morgan fingerprint density at radius 1 is 1.43 bits per heavy atom. The highest BCUT2D eigenvalue weighted by Gasteiger charge is 2.32. The first kappa shape index (κ1) is 15.8. The minimum atomic E-state index is -4.40. The SMILES string of the molecule is Cc1ccc(NC(=O)CC2CCCNC2)cc1C(F)(F)F. The summed E-state index contributed by atoms with van der Waals surface area (Å²) in [6, 6.07) is 3.87. The van der Waals surface area contributed by atoms with E-state index in [1.807, 2.05) is 0 Å². The summed E-state index contributed by atoms with van der Waals surface area (Å²) in [5.74, 6) is 0.0203. The van der Waals surface area contributed by atoms with E-state index in [1.165, 1.54) is 19.1 Å². The van der Waals surface area contributed by atoms with Crippen molar-refractivity contribution in [3.8, 4) is 0 Å². The number of aryl methyl sites for hydroxylation is 1. The van der Waals surface area contributed by atoms with Crippen molar-refractivity contribution in [2.45, 2.75) is 32.4 Å². The number of alkyl halides is 3. The molecule has 1 aliphatic heterocycles. The highest BCUT2D eigenvalue weighted by atomic mass is 19.4. The van der Waals surface area contributed by atoms with Crippen molar-refractivity contribution in [1.29, 1.82) is 0 Å². The maximum Gasteiger partial charge on any atom is 0.416 e. The molecule has 1 saturated heterocycles. The van der Waals surface area contributed by atoms with E-state index in [0.717, 1.165) is 32.0 Å². The number of hydrogen-bond acceptors (Lipinski definition) is 2. The Morgan fingerprint density at radius 3 is 2.81 bits per heavy atom. The molecule has 1 aliphatic rings. The van der Waals surface area contributed by atoms with E-state index < -0.39 is 11.7 Å². The fraction of sp³-hybridized carbons (Fsp3) is 0.533. The van der Waals surface area contributed by atoms with Gasteiger partial charge in [-0.3, -0.25) is 4.79 Å². The van der Waals surface area contributed by atoms with E-state index in [2.05, 4.69) is 10.6 Å². The second-order valence-corrected chi connectivity index (χ2v) is 5.49. The number of rotatable bonds is 3. The molecule has 1 heterocycles. The van der Waals surface area contributed by atoms with Crippen molar-refractivity contribution in [2.24, 2.45) is 5.92 Å². The van der Waals surface area contributed by atoms with Crippen LogP contribution in [0.25, 0.3) is 0 Å². The van der Waals surface area contributed by atoms with Crippen LogP contribution in [0.4, 0.5) is 18.9 Å². The predicted octanol–water partition coefficient (Wildman–Crippen LogP) is 3.34. The summed E-state index contributed by atoms with van der Waals surface area (Å²) in [5, 5.41) is 5.77. The molecule has 0 aromatic heterocycles. The first-order valence-corrected chi connectivity index (χ1v) is 7.04. The third-order valence-electron chi connectivity index (χ3n) is 3.70. The quantitative estimate of drug-likeness (QED) is 0.899. The highest BCUT2D eigenvalue weighted by Crippen LogP contribution is 2.33.